The van der Waals surface area contributed by atoms with Crippen molar-refractivity contribution >= 4 is 15.9 Å². The van der Waals surface area contributed by atoms with Crippen LogP contribution in [0.25, 0.3) is 16.9 Å². The molecule has 0 bridgehead atoms. The first kappa shape index (κ1) is 13.9. The van der Waals surface area contributed by atoms with Gasteiger partial charge >= 0.3 is 0 Å². The van der Waals surface area contributed by atoms with E-state index >= 15 is 0 Å². The van der Waals surface area contributed by atoms with Gasteiger partial charge in [-0.25, -0.2) is 4.68 Å². The highest BCUT2D eigenvalue weighted by atomic mass is 79.9. The van der Waals surface area contributed by atoms with Crippen LogP contribution in [0.2, 0.25) is 0 Å². The average molecular weight is 343 g/mol. The average Bonchev–Trinajstić information content (AvgIpc) is 2.91. The van der Waals surface area contributed by atoms with E-state index in [1.54, 1.807) is 0 Å². The van der Waals surface area contributed by atoms with Gasteiger partial charge in [0.15, 0.2) is 0 Å². The van der Waals surface area contributed by atoms with Gasteiger partial charge in [0, 0.05) is 5.56 Å². The molecule has 1 heterocycles. The van der Waals surface area contributed by atoms with Crippen LogP contribution in [0.3, 0.4) is 0 Å². The molecule has 0 unspecified atom stereocenters. The maximum Gasteiger partial charge on any atom is 0.119 e. The molecular formula is C17H15BrN2O. The van der Waals surface area contributed by atoms with Gasteiger partial charge in [-0.3, -0.25) is 0 Å². The van der Waals surface area contributed by atoms with E-state index in [2.05, 4.69) is 21.0 Å². The molecule has 0 aliphatic rings. The second-order valence-electron chi connectivity index (χ2n) is 4.55. The Hall–Kier alpha value is -2.07. The number of ether oxygens (including phenoxy) is 1. The van der Waals surface area contributed by atoms with E-state index in [9.17, 15) is 0 Å². The quantitative estimate of drug-likeness (QED) is 0.687. The molecule has 3 nitrogen and oxygen atoms in total. The maximum absolute atomic E-state index is 5.49. The molecule has 2 aromatic carbocycles. The Morgan fingerprint density at radius 3 is 2.43 bits per heavy atom. The van der Waals surface area contributed by atoms with Crippen molar-refractivity contribution in [2.75, 3.05) is 6.61 Å². The highest BCUT2D eigenvalue weighted by molar-refractivity contribution is 9.10. The zero-order valence-electron chi connectivity index (χ0n) is 11.7. The molecule has 4 heteroatoms. The lowest BCUT2D eigenvalue weighted by atomic mass is 10.1. The topological polar surface area (TPSA) is 27.1 Å². The predicted molar refractivity (Wildman–Crippen MR) is 87.9 cm³/mol. The van der Waals surface area contributed by atoms with Gasteiger partial charge in [0.25, 0.3) is 0 Å². The molecule has 1 aromatic heterocycles. The molecule has 0 radical (unpaired) electrons. The first-order valence-electron chi connectivity index (χ1n) is 6.82. The Morgan fingerprint density at radius 2 is 1.76 bits per heavy atom. The Kier molecular flexibility index (Phi) is 4.06. The van der Waals surface area contributed by atoms with Crippen LogP contribution in [0.4, 0.5) is 0 Å². The lowest BCUT2D eigenvalue weighted by Gasteiger charge is -2.09. The fourth-order valence-electron chi connectivity index (χ4n) is 2.23. The van der Waals surface area contributed by atoms with Crippen molar-refractivity contribution in [2.45, 2.75) is 6.92 Å². The van der Waals surface area contributed by atoms with Crippen LogP contribution in [-0.2, 0) is 0 Å². The maximum atomic E-state index is 5.49. The van der Waals surface area contributed by atoms with E-state index in [0.29, 0.717) is 6.61 Å². The number of para-hydroxylation sites is 1. The minimum atomic E-state index is 0.672. The molecule has 0 spiro atoms. The molecule has 21 heavy (non-hydrogen) atoms. The Morgan fingerprint density at radius 1 is 1.05 bits per heavy atom. The van der Waals surface area contributed by atoms with E-state index in [0.717, 1.165) is 27.2 Å². The standard InChI is InChI=1S/C17H15BrN2O/c1-2-21-15-10-8-13(9-11-15)17-16(18)12-19-20(17)14-6-4-3-5-7-14/h3-12H,2H2,1H3. The first-order chi connectivity index (χ1) is 10.3. The van der Waals surface area contributed by atoms with Crippen LogP contribution in [0, 0.1) is 0 Å². The van der Waals surface area contributed by atoms with Gasteiger partial charge in [-0.2, -0.15) is 5.10 Å². The van der Waals surface area contributed by atoms with E-state index in [-0.39, 0.29) is 0 Å². The summed E-state index contributed by atoms with van der Waals surface area (Å²) in [6.45, 7) is 2.65. The minimum Gasteiger partial charge on any atom is -0.494 e. The van der Waals surface area contributed by atoms with Gasteiger partial charge in [-0.1, -0.05) is 18.2 Å². The summed E-state index contributed by atoms with van der Waals surface area (Å²) in [5.74, 6) is 0.878. The number of aromatic nitrogens is 2. The normalized spacial score (nSPS) is 10.6. The third-order valence-corrected chi connectivity index (χ3v) is 3.74. The van der Waals surface area contributed by atoms with Crippen molar-refractivity contribution < 1.29 is 4.74 Å². The number of hydrogen-bond donors (Lipinski definition) is 0. The molecule has 106 valence electrons. The fraction of sp³-hybridized carbons (Fsp3) is 0.118. The van der Waals surface area contributed by atoms with Crippen molar-refractivity contribution in [1.29, 1.82) is 0 Å². The molecule has 0 aliphatic carbocycles. The predicted octanol–water partition coefficient (Wildman–Crippen LogP) is 4.70. The summed E-state index contributed by atoms with van der Waals surface area (Å²) in [5, 5.41) is 4.46. The smallest absolute Gasteiger partial charge is 0.119 e. The van der Waals surface area contributed by atoms with Crippen LogP contribution < -0.4 is 4.74 Å². The summed E-state index contributed by atoms with van der Waals surface area (Å²) in [7, 11) is 0. The Labute approximate surface area is 132 Å². The van der Waals surface area contributed by atoms with Crippen LogP contribution in [0.5, 0.6) is 5.75 Å². The van der Waals surface area contributed by atoms with Gasteiger partial charge in [0.2, 0.25) is 0 Å². The third-order valence-electron chi connectivity index (χ3n) is 3.16. The lowest BCUT2D eigenvalue weighted by molar-refractivity contribution is 0.340. The van der Waals surface area contributed by atoms with Gasteiger partial charge in [-0.15, -0.1) is 0 Å². The zero-order chi connectivity index (χ0) is 14.7. The van der Waals surface area contributed by atoms with Gasteiger partial charge < -0.3 is 4.74 Å². The molecule has 3 rings (SSSR count). The van der Waals surface area contributed by atoms with Gasteiger partial charge in [-0.05, 0) is 59.3 Å². The largest absolute Gasteiger partial charge is 0.494 e. The van der Waals surface area contributed by atoms with Crippen molar-refractivity contribution in [1.82, 2.24) is 9.78 Å². The third kappa shape index (κ3) is 2.85. The fourth-order valence-corrected chi connectivity index (χ4v) is 2.72. The Bertz CT molecular complexity index is 720. The Balaban J connectivity index is 2.04. The highest BCUT2D eigenvalue weighted by Crippen LogP contribution is 2.31. The second kappa shape index (κ2) is 6.14. The number of halogens is 1. The van der Waals surface area contributed by atoms with Crippen molar-refractivity contribution in [3.63, 3.8) is 0 Å². The molecule has 0 saturated heterocycles. The first-order valence-corrected chi connectivity index (χ1v) is 7.61. The molecule has 0 aliphatic heterocycles. The van der Waals surface area contributed by atoms with Crippen molar-refractivity contribution in [3.8, 4) is 22.7 Å². The van der Waals surface area contributed by atoms with Crippen molar-refractivity contribution in [3.05, 3.63) is 65.3 Å². The van der Waals surface area contributed by atoms with E-state index in [1.165, 1.54) is 0 Å². The zero-order valence-corrected chi connectivity index (χ0v) is 13.2. The summed E-state index contributed by atoms with van der Waals surface area (Å²) in [6.07, 6.45) is 1.82. The number of rotatable bonds is 4. The number of nitrogens with zero attached hydrogens (tertiary/aromatic N) is 2. The summed E-state index contributed by atoms with van der Waals surface area (Å²) in [5.41, 5.74) is 3.16. The van der Waals surface area contributed by atoms with Crippen LogP contribution in [0.1, 0.15) is 6.92 Å². The van der Waals surface area contributed by atoms with Crippen LogP contribution in [0.15, 0.2) is 65.3 Å². The van der Waals surface area contributed by atoms with Gasteiger partial charge in [0.1, 0.15) is 5.75 Å². The summed E-state index contributed by atoms with van der Waals surface area (Å²) in [6, 6.07) is 18.1. The van der Waals surface area contributed by atoms with E-state index < -0.39 is 0 Å². The number of benzene rings is 2. The molecular weight excluding hydrogens is 328 g/mol. The number of hydrogen-bond acceptors (Lipinski definition) is 2. The van der Waals surface area contributed by atoms with E-state index in [1.807, 2.05) is 72.4 Å². The van der Waals surface area contributed by atoms with Crippen molar-refractivity contribution in [2.24, 2.45) is 0 Å². The summed E-state index contributed by atoms with van der Waals surface area (Å²) >= 11 is 3.59. The molecule has 3 aromatic rings. The second-order valence-corrected chi connectivity index (χ2v) is 5.40. The molecule has 0 N–H and O–H groups in total. The summed E-state index contributed by atoms with van der Waals surface area (Å²) in [4.78, 5) is 0. The molecule has 0 fully saturated rings. The lowest BCUT2D eigenvalue weighted by Crippen LogP contribution is -1.99. The molecule has 0 atom stereocenters. The van der Waals surface area contributed by atoms with Gasteiger partial charge in [0.05, 0.1) is 28.7 Å². The monoisotopic (exact) mass is 342 g/mol. The molecule has 0 saturated carbocycles. The van der Waals surface area contributed by atoms with E-state index in [4.69, 9.17) is 4.74 Å². The summed E-state index contributed by atoms with van der Waals surface area (Å²) < 4.78 is 8.39. The van der Waals surface area contributed by atoms with Crippen LogP contribution >= 0.6 is 15.9 Å². The SMILES string of the molecule is CCOc1ccc(-c2c(Br)cnn2-c2ccccc2)cc1. The highest BCUT2D eigenvalue weighted by Gasteiger charge is 2.12. The minimum absolute atomic E-state index is 0.672. The van der Waals surface area contributed by atoms with Crippen LogP contribution in [-0.4, -0.2) is 16.4 Å². The molecule has 0 amide bonds.